The van der Waals surface area contributed by atoms with Gasteiger partial charge in [-0.05, 0) is 43.7 Å². The summed E-state index contributed by atoms with van der Waals surface area (Å²) >= 11 is 0. The van der Waals surface area contributed by atoms with Crippen LogP contribution in [0.15, 0.2) is 48.8 Å². The van der Waals surface area contributed by atoms with Crippen molar-refractivity contribution in [1.29, 1.82) is 5.41 Å². The molecule has 0 spiro atoms. The Morgan fingerprint density at radius 2 is 2.00 bits per heavy atom. The van der Waals surface area contributed by atoms with Crippen molar-refractivity contribution in [1.82, 2.24) is 9.97 Å². The van der Waals surface area contributed by atoms with Gasteiger partial charge in [-0.25, -0.2) is 0 Å². The van der Waals surface area contributed by atoms with Crippen LogP contribution in [0.5, 0.6) is 0 Å². The molecule has 0 radical (unpaired) electrons. The summed E-state index contributed by atoms with van der Waals surface area (Å²) in [5.41, 5.74) is 5.64. The molecule has 0 saturated heterocycles. The molecule has 4 heteroatoms. The van der Waals surface area contributed by atoms with E-state index in [4.69, 9.17) is 5.41 Å². The van der Waals surface area contributed by atoms with E-state index in [1.54, 1.807) is 6.20 Å². The Labute approximate surface area is 142 Å². The van der Waals surface area contributed by atoms with Crippen LogP contribution in [0.25, 0.3) is 10.9 Å². The Morgan fingerprint density at radius 1 is 1.17 bits per heavy atom. The fourth-order valence-electron chi connectivity index (χ4n) is 2.89. The van der Waals surface area contributed by atoms with Crippen molar-refractivity contribution in [2.24, 2.45) is 0 Å². The van der Waals surface area contributed by atoms with Crippen molar-refractivity contribution in [3.8, 4) is 0 Å². The van der Waals surface area contributed by atoms with Crippen molar-refractivity contribution in [3.63, 3.8) is 0 Å². The maximum atomic E-state index is 8.33. The lowest BCUT2D eigenvalue weighted by molar-refractivity contribution is 0.986. The molecular weight excluding hydrogens is 296 g/mol. The molecule has 3 aromatic rings. The summed E-state index contributed by atoms with van der Waals surface area (Å²) in [5.74, 6) is 0. The molecule has 0 unspecified atom stereocenters. The molecule has 0 aliphatic heterocycles. The standard InChI is InChI=1S/C20H22N4/c1-4-6-19(21)18-11-14(2)23-20-12-15(8-9-17(18)20)24(3)16-7-5-10-22-13-16/h5,7-13,21H,4,6H2,1-3H3. The Balaban J connectivity index is 2.07. The number of pyridine rings is 2. The summed E-state index contributed by atoms with van der Waals surface area (Å²) < 4.78 is 0. The summed E-state index contributed by atoms with van der Waals surface area (Å²) in [4.78, 5) is 10.9. The molecule has 122 valence electrons. The second kappa shape index (κ2) is 6.79. The van der Waals surface area contributed by atoms with Crippen LogP contribution in [-0.4, -0.2) is 22.7 Å². The molecular formula is C20H22N4. The van der Waals surface area contributed by atoms with Gasteiger partial charge in [-0.3, -0.25) is 9.97 Å². The monoisotopic (exact) mass is 318 g/mol. The van der Waals surface area contributed by atoms with Gasteiger partial charge in [0.2, 0.25) is 0 Å². The molecule has 0 saturated carbocycles. The molecule has 0 fully saturated rings. The van der Waals surface area contributed by atoms with Gasteiger partial charge >= 0.3 is 0 Å². The number of fused-ring (bicyclic) bond motifs is 1. The highest BCUT2D eigenvalue weighted by molar-refractivity contribution is 6.09. The number of nitrogens with one attached hydrogen (secondary N) is 1. The van der Waals surface area contributed by atoms with Gasteiger partial charge in [0.15, 0.2) is 0 Å². The number of rotatable bonds is 5. The number of hydrogen-bond donors (Lipinski definition) is 1. The lowest BCUT2D eigenvalue weighted by Crippen LogP contribution is -2.10. The quantitative estimate of drug-likeness (QED) is 0.682. The predicted molar refractivity (Wildman–Crippen MR) is 101 cm³/mol. The third-order valence-electron chi connectivity index (χ3n) is 4.17. The minimum Gasteiger partial charge on any atom is -0.343 e. The molecule has 0 atom stereocenters. The minimum atomic E-state index is 0.682. The predicted octanol–water partition coefficient (Wildman–Crippen LogP) is 4.87. The molecule has 0 bridgehead atoms. The van der Waals surface area contributed by atoms with E-state index in [0.29, 0.717) is 5.71 Å². The van der Waals surface area contributed by atoms with E-state index in [-0.39, 0.29) is 0 Å². The van der Waals surface area contributed by atoms with Crippen molar-refractivity contribution in [2.45, 2.75) is 26.7 Å². The minimum absolute atomic E-state index is 0.682. The zero-order chi connectivity index (χ0) is 17.1. The number of anilines is 2. The van der Waals surface area contributed by atoms with Crippen LogP contribution in [0.4, 0.5) is 11.4 Å². The summed E-state index contributed by atoms with van der Waals surface area (Å²) in [6.07, 6.45) is 5.38. The molecule has 4 nitrogen and oxygen atoms in total. The van der Waals surface area contributed by atoms with Gasteiger partial charge in [-0.15, -0.1) is 0 Å². The lowest BCUT2D eigenvalue weighted by Gasteiger charge is -2.20. The average molecular weight is 318 g/mol. The third kappa shape index (κ3) is 3.13. The third-order valence-corrected chi connectivity index (χ3v) is 4.17. The van der Waals surface area contributed by atoms with Gasteiger partial charge in [-0.1, -0.05) is 19.4 Å². The molecule has 2 heterocycles. The van der Waals surface area contributed by atoms with E-state index in [9.17, 15) is 0 Å². The van der Waals surface area contributed by atoms with Crippen LogP contribution in [0.3, 0.4) is 0 Å². The lowest BCUT2D eigenvalue weighted by atomic mass is 10.00. The molecule has 1 aromatic carbocycles. The molecule has 3 rings (SSSR count). The number of aromatic nitrogens is 2. The van der Waals surface area contributed by atoms with Crippen LogP contribution >= 0.6 is 0 Å². The van der Waals surface area contributed by atoms with E-state index in [1.165, 1.54) is 0 Å². The summed E-state index contributed by atoms with van der Waals surface area (Å²) in [5, 5.41) is 9.38. The highest BCUT2D eigenvalue weighted by Crippen LogP contribution is 2.28. The Morgan fingerprint density at radius 3 is 2.71 bits per heavy atom. The largest absolute Gasteiger partial charge is 0.343 e. The van der Waals surface area contributed by atoms with Gasteiger partial charge in [0.25, 0.3) is 0 Å². The summed E-state index contributed by atoms with van der Waals surface area (Å²) in [6.45, 7) is 4.09. The topological polar surface area (TPSA) is 52.9 Å². The number of benzene rings is 1. The highest BCUT2D eigenvalue weighted by atomic mass is 15.1. The molecule has 0 amide bonds. The summed E-state index contributed by atoms with van der Waals surface area (Å²) in [6, 6.07) is 12.2. The van der Waals surface area contributed by atoms with Gasteiger partial charge in [0.05, 0.1) is 17.4 Å². The normalized spacial score (nSPS) is 10.8. The summed E-state index contributed by atoms with van der Waals surface area (Å²) in [7, 11) is 2.02. The molecule has 24 heavy (non-hydrogen) atoms. The Kier molecular flexibility index (Phi) is 4.56. The van der Waals surface area contributed by atoms with Crippen LogP contribution in [0.2, 0.25) is 0 Å². The van der Waals surface area contributed by atoms with Crippen LogP contribution in [0.1, 0.15) is 31.0 Å². The van der Waals surface area contributed by atoms with Crippen LogP contribution in [-0.2, 0) is 0 Å². The first-order valence-corrected chi connectivity index (χ1v) is 8.23. The molecule has 2 aromatic heterocycles. The second-order valence-corrected chi connectivity index (χ2v) is 6.01. The smallest absolute Gasteiger partial charge is 0.0732 e. The fourth-order valence-corrected chi connectivity index (χ4v) is 2.89. The molecule has 0 aliphatic rings. The second-order valence-electron chi connectivity index (χ2n) is 6.01. The van der Waals surface area contributed by atoms with E-state index >= 15 is 0 Å². The molecule has 0 aliphatic carbocycles. The van der Waals surface area contributed by atoms with Gasteiger partial charge < -0.3 is 10.3 Å². The van der Waals surface area contributed by atoms with Crippen molar-refractivity contribution >= 4 is 28.0 Å². The van der Waals surface area contributed by atoms with Crippen LogP contribution in [0, 0.1) is 12.3 Å². The fraction of sp³-hybridized carbons (Fsp3) is 0.250. The first kappa shape index (κ1) is 16.1. The number of aryl methyl sites for hydroxylation is 1. The number of nitrogens with zero attached hydrogens (tertiary/aromatic N) is 3. The van der Waals surface area contributed by atoms with Gasteiger partial charge in [-0.2, -0.15) is 0 Å². The Bertz CT molecular complexity index is 871. The SMILES string of the molecule is CCCC(=N)c1cc(C)nc2cc(N(C)c3cccnc3)ccc12. The van der Waals surface area contributed by atoms with E-state index in [2.05, 4.69) is 40.0 Å². The average Bonchev–Trinajstić information content (AvgIpc) is 2.60. The zero-order valence-corrected chi connectivity index (χ0v) is 14.4. The zero-order valence-electron chi connectivity index (χ0n) is 14.4. The van der Waals surface area contributed by atoms with Gasteiger partial charge in [0, 0.05) is 41.3 Å². The maximum Gasteiger partial charge on any atom is 0.0732 e. The highest BCUT2D eigenvalue weighted by Gasteiger charge is 2.11. The van der Waals surface area contributed by atoms with Crippen molar-refractivity contribution in [3.05, 3.63) is 60.0 Å². The van der Waals surface area contributed by atoms with Crippen molar-refractivity contribution in [2.75, 3.05) is 11.9 Å². The first-order chi connectivity index (χ1) is 11.6. The molecule has 1 N–H and O–H groups in total. The number of hydrogen-bond acceptors (Lipinski definition) is 4. The van der Waals surface area contributed by atoms with E-state index < -0.39 is 0 Å². The first-order valence-electron chi connectivity index (χ1n) is 8.23. The van der Waals surface area contributed by atoms with E-state index in [1.807, 2.05) is 38.4 Å². The Hall–Kier alpha value is -2.75. The van der Waals surface area contributed by atoms with Gasteiger partial charge in [0.1, 0.15) is 0 Å². The van der Waals surface area contributed by atoms with Crippen molar-refractivity contribution < 1.29 is 0 Å². The van der Waals surface area contributed by atoms with Crippen LogP contribution < -0.4 is 4.90 Å². The maximum absolute atomic E-state index is 8.33. The van der Waals surface area contributed by atoms with E-state index in [0.717, 1.165) is 46.4 Å².